The van der Waals surface area contributed by atoms with Gasteiger partial charge >= 0.3 is 0 Å². The van der Waals surface area contributed by atoms with Gasteiger partial charge in [-0.25, -0.2) is 13.5 Å². The number of nitrogen functional groups attached to an aromatic ring is 2. The third-order valence-corrected chi connectivity index (χ3v) is 5.14. The van der Waals surface area contributed by atoms with E-state index in [0.717, 1.165) is 37.0 Å². The van der Waals surface area contributed by atoms with Crippen LogP contribution in [0.2, 0.25) is 0 Å². The van der Waals surface area contributed by atoms with Gasteiger partial charge in [0.25, 0.3) is 5.95 Å². The average molecular weight is 464 g/mol. The van der Waals surface area contributed by atoms with Gasteiger partial charge in [-0.05, 0) is 19.1 Å². The molecule has 170 valence electrons. The smallest absolute Gasteiger partial charge is 0.257 e. The van der Waals surface area contributed by atoms with Crippen LogP contribution in [0.5, 0.6) is 0 Å². The van der Waals surface area contributed by atoms with Gasteiger partial charge in [0.05, 0.1) is 11.9 Å². The van der Waals surface area contributed by atoms with E-state index in [1.165, 1.54) is 12.1 Å². The van der Waals surface area contributed by atoms with Crippen LogP contribution in [-0.2, 0) is 0 Å². The molecule has 3 heterocycles. The summed E-state index contributed by atoms with van der Waals surface area (Å²) >= 11 is 0. The van der Waals surface area contributed by atoms with Gasteiger partial charge in [0.2, 0.25) is 11.9 Å². The lowest BCUT2D eigenvalue weighted by Gasteiger charge is -2.35. The first-order valence-corrected chi connectivity index (χ1v) is 9.81. The maximum atomic E-state index is 13.5. The molecule has 0 bridgehead atoms. The molecule has 0 radical (unpaired) electrons. The summed E-state index contributed by atoms with van der Waals surface area (Å²) in [5.41, 5.74) is 13.6. The minimum Gasteiger partial charge on any atom is -0.369 e. The Hall–Kier alpha value is -3.31. The number of nitrogens with zero attached hydrogens (tertiary/aromatic N) is 7. The highest BCUT2D eigenvalue weighted by atomic mass is 35.5. The van der Waals surface area contributed by atoms with Crippen LogP contribution < -0.4 is 16.4 Å². The fourth-order valence-electron chi connectivity index (χ4n) is 3.52. The van der Waals surface area contributed by atoms with Gasteiger partial charge < -0.3 is 16.4 Å². The first kappa shape index (κ1) is 23.4. The van der Waals surface area contributed by atoms with Gasteiger partial charge in [0.1, 0.15) is 11.6 Å². The van der Waals surface area contributed by atoms with Gasteiger partial charge in [-0.15, -0.1) is 12.4 Å². The molecule has 3 aromatic rings. The third-order valence-electron chi connectivity index (χ3n) is 5.14. The highest BCUT2D eigenvalue weighted by Crippen LogP contribution is 2.20. The van der Waals surface area contributed by atoms with Crippen molar-refractivity contribution in [3.8, 4) is 5.95 Å². The second-order valence-corrected chi connectivity index (χ2v) is 7.27. The van der Waals surface area contributed by atoms with Crippen molar-refractivity contribution in [2.24, 2.45) is 0 Å². The summed E-state index contributed by atoms with van der Waals surface area (Å²) < 4.78 is 28.5. The molecule has 4 rings (SSSR count). The largest absolute Gasteiger partial charge is 0.369 e. The molecule has 2 aromatic heterocycles. The van der Waals surface area contributed by atoms with Crippen molar-refractivity contribution >= 4 is 36.1 Å². The first-order valence-electron chi connectivity index (χ1n) is 9.81. The molecule has 0 unspecified atom stereocenters. The summed E-state index contributed by atoms with van der Waals surface area (Å²) in [5.74, 6) is -0.770. The van der Waals surface area contributed by atoms with E-state index in [0.29, 0.717) is 18.8 Å². The Morgan fingerprint density at radius 1 is 0.969 bits per heavy atom. The molecular formula is C20H24ClF2N9. The van der Waals surface area contributed by atoms with E-state index >= 15 is 0 Å². The van der Waals surface area contributed by atoms with Crippen LogP contribution in [0.15, 0.2) is 30.5 Å². The lowest BCUT2D eigenvalue weighted by molar-refractivity contribution is 0.284. The molecule has 0 amide bonds. The Morgan fingerprint density at radius 2 is 1.59 bits per heavy atom. The standard InChI is InChI=1S/C20H23F2N9.ClH/c1-13-14(12-25-31(13)20-27-18(23)26-19(24)28-20)3-2-4-29-5-7-30(8-6-29)17-10-15(21)9-16(22)11-17;/h2-3,9-12H,4-8H2,1H3,(H4,23,24,26,27,28);1H. The van der Waals surface area contributed by atoms with Crippen LogP contribution in [0, 0.1) is 18.6 Å². The number of nitrogens with two attached hydrogens (primary N) is 2. The zero-order chi connectivity index (χ0) is 22.0. The molecule has 0 saturated carbocycles. The van der Waals surface area contributed by atoms with Gasteiger partial charge in [0.15, 0.2) is 0 Å². The minimum atomic E-state index is -0.557. The van der Waals surface area contributed by atoms with Crippen molar-refractivity contribution in [2.75, 3.05) is 49.1 Å². The van der Waals surface area contributed by atoms with Crippen LogP contribution in [0.25, 0.3) is 12.0 Å². The zero-order valence-electron chi connectivity index (χ0n) is 17.4. The van der Waals surface area contributed by atoms with Crippen LogP contribution >= 0.6 is 12.4 Å². The number of piperazine rings is 1. The SMILES string of the molecule is Cc1c(C=CCN2CCN(c3cc(F)cc(F)c3)CC2)cnn1-c1nc(N)nc(N)n1.Cl. The van der Waals surface area contributed by atoms with Crippen LogP contribution in [-0.4, -0.2) is 62.4 Å². The minimum absolute atomic E-state index is 0. The second kappa shape index (κ2) is 9.88. The highest BCUT2D eigenvalue weighted by molar-refractivity contribution is 5.85. The summed E-state index contributed by atoms with van der Waals surface area (Å²) in [6.45, 7) is 5.65. The van der Waals surface area contributed by atoms with E-state index in [1.807, 2.05) is 17.9 Å². The number of rotatable bonds is 5. The van der Waals surface area contributed by atoms with Crippen molar-refractivity contribution in [1.29, 1.82) is 0 Å². The Morgan fingerprint density at radius 3 is 2.22 bits per heavy atom. The van der Waals surface area contributed by atoms with Gasteiger partial charge in [-0.3, -0.25) is 4.90 Å². The zero-order valence-corrected chi connectivity index (χ0v) is 18.3. The van der Waals surface area contributed by atoms with Crippen molar-refractivity contribution in [1.82, 2.24) is 29.6 Å². The Labute approximate surface area is 190 Å². The Bertz CT molecular complexity index is 1070. The van der Waals surface area contributed by atoms with E-state index in [4.69, 9.17) is 11.5 Å². The molecular weight excluding hydrogens is 440 g/mol. The summed E-state index contributed by atoms with van der Waals surface area (Å²) in [6.07, 6.45) is 5.77. The normalized spacial score (nSPS) is 14.7. The molecule has 0 atom stereocenters. The lowest BCUT2D eigenvalue weighted by Crippen LogP contribution is -2.46. The van der Waals surface area contributed by atoms with E-state index in [-0.39, 0.29) is 30.3 Å². The molecule has 1 saturated heterocycles. The third kappa shape index (κ3) is 5.29. The molecule has 1 fully saturated rings. The summed E-state index contributed by atoms with van der Waals surface area (Å²) in [6, 6.07) is 3.62. The first-order chi connectivity index (χ1) is 14.9. The molecule has 4 N–H and O–H groups in total. The Kier molecular flexibility index (Phi) is 7.21. The predicted molar refractivity (Wildman–Crippen MR) is 122 cm³/mol. The monoisotopic (exact) mass is 463 g/mol. The molecule has 9 nitrogen and oxygen atoms in total. The van der Waals surface area contributed by atoms with Crippen molar-refractivity contribution in [2.45, 2.75) is 6.92 Å². The maximum absolute atomic E-state index is 13.5. The number of aromatic nitrogens is 5. The lowest BCUT2D eigenvalue weighted by atomic mass is 10.2. The molecule has 12 heteroatoms. The van der Waals surface area contributed by atoms with Crippen molar-refractivity contribution < 1.29 is 8.78 Å². The van der Waals surface area contributed by atoms with Gasteiger partial charge in [-0.2, -0.15) is 20.1 Å². The quantitative estimate of drug-likeness (QED) is 0.591. The van der Waals surface area contributed by atoms with Crippen molar-refractivity contribution in [3.63, 3.8) is 0 Å². The van der Waals surface area contributed by atoms with Crippen LogP contribution in [0.1, 0.15) is 11.3 Å². The Balaban J connectivity index is 0.00000289. The van der Waals surface area contributed by atoms with Gasteiger partial charge in [0, 0.05) is 50.0 Å². The van der Waals surface area contributed by atoms with Crippen molar-refractivity contribution in [3.05, 3.63) is 53.4 Å². The van der Waals surface area contributed by atoms with E-state index in [2.05, 4.69) is 31.0 Å². The van der Waals surface area contributed by atoms with Gasteiger partial charge in [-0.1, -0.05) is 12.2 Å². The second-order valence-electron chi connectivity index (χ2n) is 7.27. The highest BCUT2D eigenvalue weighted by Gasteiger charge is 2.17. The maximum Gasteiger partial charge on any atom is 0.257 e. The number of anilines is 3. The molecule has 32 heavy (non-hydrogen) atoms. The molecule has 1 aromatic carbocycles. The molecule has 1 aliphatic heterocycles. The fraction of sp³-hybridized carbons (Fsp3) is 0.300. The fourth-order valence-corrected chi connectivity index (χ4v) is 3.52. The number of benzene rings is 1. The molecule has 1 aliphatic rings. The predicted octanol–water partition coefficient (Wildman–Crippen LogP) is 2.07. The van der Waals surface area contributed by atoms with E-state index < -0.39 is 11.6 Å². The molecule has 0 spiro atoms. The summed E-state index contributed by atoms with van der Waals surface area (Å²) in [5, 5.41) is 4.31. The van der Waals surface area contributed by atoms with E-state index in [9.17, 15) is 8.78 Å². The number of hydrogen-bond donors (Lipinski definition) is 2. The summed E-state index contributed by atoms with van der Waals surface area (Å²) in [7, 11) is 0. The topological polar surface area (TPSA) is 115 Å². The van der Waals surface area contributed by atoms with Crippen LogP contribution in [0.3, 0.4) is 0 Å². The van der Waals surface area contributed by atoms with Crippen LogP contribution in [0.4, 0.5) is 26.4 Å². The number of halogens is 3. The van der Waals surface area contributed by atoms with E-state index in [1.54, 1.807) is 10.9 Å². The summed E-state index contributed by atoms with van der Waals surface area (Å²) in [4.78, 5) is 16.2. The molecule has 0 aliphatic carbocycles. The average Bonchev–Trinajstić information content (AvgIpc) is 3.07. The number of hydrogen-bond acceptors (Lipinski definition) is 8.